The maximum Gasteiger partial charge on any atom is 0.120 e. The average molecular weight is 680 g/mol. The van der Waals surface area contributed by atoms with Gasteiger partial charge in [0.2, 0.25) is 0 Å². The van der Waals surface area contributed by atoms with Crippen molar-refractivity contribution in [3.05, 3.63) is 187 Å². The molecule has 0 bridgehead atoms. The lowest BCUT2D eigenvalue weighted by atomic mass is 10.0. The van der Waals surface area contributed by atoms with Gasteiger partial charge in [-0.05, 0) is 112 Å². The van der Waals surface area contributed by atoms with E-state index in [1.807, 2.05) is 67.1 Å². The Morgan fingerprint density at radius 1 is 0.462 bits per heavy atom. The summed E-state index contributed by atoms with van der Waals surface area (Å²) in [7, 11) is 0. The van der Waals surface area contributed by atoms with Crippen LogP contribution in [0.2, 0.25) is 0 Å². The molecule has 6 aromatic carbocycles. The second-order valence-corrected chi connectivity index (χ2v) is 12.7. The second-order valence-electron chi connectivity index (χ2n) is 12.7. The van der Waals surface area contributed by atoms with Crippen LogP contribution < -0.4 is 20.1 Å². The first kappa shape index (κ1) is 32.5. The van der Waals surface area contributed by atoms with Crippen LogP contribution in [-0.2, 0) is 26.3 Å². The molecule has 0 saturated heterocycles. The molecule has 0 aliphatic rings. The molecule has 2 heterocycles. The Balaban J connectivity index is 0.835. The highest BCUT2D eigenvalue weighted by Crippen LogP contribution is 2.25. The molecule has 0 spiro atoms. The summed E-state index contributed by atoms with van der Waals surface area (Å²) < 4.78 is 12.4. The molecule has 0 amide bonds. The number of ether oxygens (including phenoxy) is 2. The quantitative estimate of drug-likeness (QED) is 0.126. The fourth-order valence-corrected chi connectivity index (χ4v) is 6.15. The molecule has 0 unspecified atom stereocenters. The molecule has 0 aliphatic heterocycles. The van der Waals surface area contributed by atoms with E-state index >= 15 is 0 Å². The van der Waals surface area contributed by atoms with Gasteiger partial charge in [0.05, 0.1) is 5.52 Å². The fourth-order valence-electron chi connectivity index (χ4n) is 6.15. The van der Waals surface area contributed by atoms with E-state index in [-0.39, 0.29) is 0 Å². The van der Waals surface area contributed by atoms with E-state index in [1.54, 1.807) is 6.33 Å². The molecule has 7 nitrogen and oxygen atoms in total. The maximum absolute atomic E-state index is 6.24. The number of pyridine rings is 1. The third kappa shape index (κ3) is 8.17. The number of fused-ring (bicyclic) bond motifs is 2. The molecular weight excluding hydrogens is 643 g/mol. The number of nitrogens with one attached hydrogen (secondary N) is 2. The molecule has 0 saturated carbocycles. The second kappa shape index (κ2) is 15.4. The Kier molecular flexibility index (Phi) is 9.64. The van der Waals surface area contributed by atoms with Gasteiger partial charge < -0.3 is 20.1 Å². The highest BCUT2D eigenvalue weighted by atomic mass is 16.5. The van der Waals surface area contributed by atoms with Gasteiger partial charge in [-0.15, -0.1) is 0 Å². The number of hydrogen-bond donors (Lipinski definition) is 2. The Morgan fingerprint density at radius 2 is 1.12 bits per heavy atom. The van der Waals surface area contributed by atoms with Crippen molar-refractivity contribution in [2.45, 2.75) is 26.3 Å². The van der Waals surface area contributed by atoms with Gasteiger partial charge in [0.25, 0.3) is 0 Å². The van der Waals surface area contributed by atoms with Gasteiger partial charge in [-0.25, -0.2) is 9.97 Å². The maximum atomic E-state index is 6.24. The van der Waals surface area contributed by atoms with Gasteiger partial charge in [0.15, 0.2) is 0 Å². The molecular formula is C45H37N5O2. The molecule has 52 heavy (non-hydrogen) atoms. The largest absolute Gasteiger partial charge is 0.489 e. The van der Waals surface area contributed by atoms with Crippen LogP contribution in [0.1, 0.15) is 22.3 Å². The first-order valence-corrected chi connectivity index (χ1v) is 17.3. The zero-order valence-corrected chi connectivity index (χ0v) is 28.6. The number of anilines is 2. The van der Waals surface area contributed by atoms with E-state index in [0.717, 1.165) is 67.0 Å². The third-order valence-corrected chi connectivity index (χ3v) is 8.96. The lowest BCUT2D eigenvalue weighted by Crippen LogP contribution is -2.01. The summed E-state index contributed by atoms with van der Waals surface area (Å²) in [4.78, 5) is 12.6. The average Bonchev–Trinajstić information content (AvgIpc) is 3.21. The van der Waals surface area contributed by atoms with Crippen molar-refractivity contribution in [1.29, 1.82) is 0 Å². The predicted octanol–water partition coefficient (Wildman–Crippen LogP) is 10.2. The molecule has 7 heteroatoms. The number of aromatic nitrogens is 3. The Bertz CT molecular complexity index is 2450. The standard InChI is InChI=1S/C45H37N5O2/c1-5-34(29-51-43-16-10-32(11-17-43)25-48-42-15-13-40-28-47-31-50-45(40)24-42)20-36(7-1)37-8-2-6-35(21-37)30-52-44-9-3-4-33(22-44)26-49-41-14-12-39-27-46-19-18-38(39)23-41/h1-24,27-28,31,48-49H,25-26,29-30H2. The Labute approximate surface area is 303 Å². The van der Waals surface area contributed by atoms with Gasteiger partial charge >= 0.3 is 0 Å². The lowest BCUT2D eigenvalue weighted by Gasteiger charge is -2.12. The lowest BCUT2D eigenvalue weighted by molar-refractivity contribution is 0.306. The minimum absolute atomic E-state index is 0.481. The van der Waals surface area contributed by atoms with Crippen LogP contribution in [0.25, 0.3) is 32.8 Å². The van der Waals surface area contributed by atoms with E-state index in [9.17, 15) is 0 Å². The first-order chi connectivity index (χ1) is 25.7. The van der Waals surface area contributed by atoms with Crippen molar-refractivity contribution in [3.63, 3.8) is 0 Å². The van der Waals surface area contributed by atoms with Crippen molar-refractivity contribution in [1.82, 2.24) is 15.0 Å². The summed E-state index contributed by atoms with van der Waals surface area (Å²) in [5.74, 6) is 1.68. The summed E-state index contributed by atoms with van der Waals surface area (Å²) in [6.07, 6.45) is 7.10. The number of rotatable bonds is 13. The molecule has 0 atom stereocenters. The molecule has 0 fully saturated rings. The highest BCUT2D eigenvalue weighted by molar-refractivity contribution is 5.85. The molecule has 2 N–H and O–H groups in total. The molecule has 8 aromatic rings. The smallest absolute Gasteiger partial charge is 0.120 e. The summed E-state index contributed by atoms with van der Waals surface area (Å²) >= 11 is 0. The van der Waals surface area contributed by atoms with Crippen LogP contribution in [0.15, 0.2) is 164 Å². The molecule has 254 valence electrons. The van der Waals surface area contributed by atoms with E-state index < -0.39 is 0 Å². The SMILES string of the molecule is c1cc(CNc2ccc3cnccc3c2)cc(OCc2cccc(-c3cccc(COc4ccc(CNc5ccc6cncnc6c5)cc4)c3)c2)c1. The van der Waals surface area contributed by atoms with Gasteiger partial charge in [-0.3, -0.25) is 4.98 Å². The molecule has 0 aliphatic carbocycles. The van der Waals surface area contributed by atoms with E-state index in [0.29, 0.717) is 26.3 Å². The molecule has 0 radical (unpaired) electrons. The van der Waals surface area contributed by atoms with E-state index in [4.69, 9.17) is 9.47 Å². The van der Waals surface area contributed by atoms with Crippen molar-refractivity contribution < 1.29 is 9.47 Å². The Hall–Kier alpha value is -6.73. The first-order valence-electron chi connectivity index (χ1n) is 17.3. The highest BCUT2D eigenvalue weighted by Gasteiger charge is 2.06. The zero-order valence-electron chi connectivity index (χ0n) is 28.6. The normalized spacial score (nSPS) is 11.0. The van der Waals surface area contributed by atoms with Gasteiger partial charge in [-0.1, -0.05) is 66.7 Å². The number of nitrogens with zero attached hydrogens (tertiary/aromatic N) is 3. The predicted molar refractivity (Wildman–Crippen MR) is 209 cm³/mol. The summed E-state index contributed by atoms with van der Waals surface area (Å²) in [6, 6.07) is 48.0. The Morgan fingerprint density at radius 3 is 1.90 bits per heavy atom. The van der Waals surface area contributed by atoms with Crippen LogP contribution in [0, 0.1) is 0 Å². The van der Waals surface area contributed by atoms with Crippen molar-refractivity contribution in [2.24, 2.45) is 0 Å². The van der Waals surface area contributed by atoms with Crippen LogP contribution in [-0.4, -0.2) is 15.0 Å². The van der Waals surface area contributed by atoms with Crippen LogP contribution in [0.4, 0.5) is 11.4 Å². The topological polar surface area (TPSA) is 81.2 Å². The number of benzene rings is 6. The minimum Gasteiger partial charge on any atom is -0.489 e. The van der Waals surface area contributed by atoms with Crippen molar-refractivity contribution >= 4 is 33.1 Å². The van der Waals surface area contributed by atoms with Crippen LogP contribution in [0.5, 0.6) is 11.5 Å². The van der Waals surface area contributed by atoms with Crippen LogP contribution >= 0.6 is 0 Å². The number of hydrogen-bond acceptors (Lipinski definition) is 7. The van der Waals surface area contributed by atoms with Gasteiger partial charge in [0, 0.05) is 53.8 Å². The summed E-state index contributed by atoms with van der Waals surface area (Å²) in [5, 5.41) is 10.3. The summed E-state index contributed by atoms with van der Waals surface area (Å²) in [6.45, 7) is 2.37. The van der Waals surface area contributed by atoms with E-state index in [1.165, 1.54) is 10.9 Å². The van der Waals surface area contributed by atoms with E-state index in [2.05, 4.69) is 117 Å². The van der Waals surface area contributed by atoms with Crippen molar-refractivity contribution in [2.75, 3.05) is 10.6 Å². The van der Waals surface area contributed by atoms with Crippen molar-refractivity contribution in [3.8, 4) is 22.6 Å². The monoisotopic (exact) mass is 679 g/mol. The zero-order chi connectivity index (χ0) is 35.0. The molecule has 8 rings (SSSR count). The fraction of sp³-hybridized carbons (Fsp3) is 0.0889. The third-order valence-electron chi connectivity index (χ3n) is 8.96. The van der Waals surface area contributed by atoms with Crippen LogP contribution in [0.3, 0.4) is 0 Å². The van der Waals surface area contributed by atoms with Gasteiger partial charge in [0.1, 0.15) is 31.0 Å². The molecule has 2 aromatic heterocycles. The van der Waals surface area contributed by atoms with Gasteiger partial charge in [-0.2, -0.15) is 0 Å². The minimum atomic E-state index is 0.481. The summed E-state index contributed by atoms with van der Waals surface area (Å²) in [5.41, 5.74) is 9.84.